The van der Waals surface area contributed by atoms with Gasteiger partial charge in [-0.2, -0.15) is 0 Å². The van der Waals surface area contributed by atoms with Gasteiger partial charge in [-0.25, -0.2) is 9.78 Å². The standard InChI is InChI=1S/C23H16BrClN2O3/c1-30-23(29)21-20(15-5-3-2-4-6-15)18-11-16(24)8-9-17(18)22(28)27(21)13-14-7-10-19(25)26-12-14/h2-12H,13H2,1H3. The van der Waals surface area contributed by atoms with Gasteiger partial charge in [0.15, 0.2) is 0 Å². The smallest absolute Gasteiger partial charge is 0.355 e. The van der Waals surface area contributed by atoms with Crippen LogP contribution >= 0.6 is 27.5 Å². The number of pyridine rings is 2. The highest BCUT2D eigenvalue weighted by Crippen LogP contribution is 2.33. The maximum absolute atomic E-state index is 13.4. The molecule has 0 spiro atoms. The van der Waals surface area contributed by atoms with E-state index in [1.807, 2.05) is 42.5 Å². The zero-order valence-corrected chi connectivity index (χ0v) is 18.3. The van der Waals surface area contributed by atoms with Crippen LogP contribution in [0, 0.1) is 0 Å². The second-order valence-electron chi connectivity index (χ2n) is 6.65. The fourth-order valence-electron chi connectivity index (χ4n) is 3.46. The molecule has 0 unspecified atom stereocenters. The summed E-state index contributed by atoms with van der Waals surface area (Å²) >= 11 is 9.37. The monoisotopic (exact) mass is 482 g/mol. The number of carbonyl (C=O) groups is 1. The number of esters is 1. The molecule has 0 atom stereocenters. The zero-order valence-electron chi connectivity index (χ0n) is 15.9. The van der Waals surface area contributed by atoms with Crippen LogP contribution in [-0.4, -0.2) is 22.6 Å². The molecule has 5 nitrogen and oxygen atoms in total. The summed E-state index contributed by atoms with van der Waals surface area (Å²) in [6.45, 7) is 0.152. The molecule has 7 heteroatoms. The molecule has 0 N–H and O–H groups in total. The minimum Gasteiger partial charge on any atom is -0.464 e. The molecule has 0 fully saturated rings. The third kappa shape index (κ3) is 3.76. The van der Waals surface area contributed by atoms with Crippen LogP contribution in [0.3, 0.4) is 0 Å². The molecule has 30 heavy (non-hydrogen) atoms. The van der Waals surface area contributed by atoms with Crippen molar-refractivity contribution >= 4 is 44.3 Å². The SMILES string of the molecule is COC(=O)c1c(-c2ccccc2)c2cc(Br)ccc2c(=O)n1Cc1ccc(Cl)nc1. The molecule has 0 bridgehead atoms. The first-order chi connectivity index (χ1) is 14.5. The number of rotatable bonds is 4. The number of carbonyl (C=O) groups excluding carboxylic acids is 1. The minimum absolute atomic E-state index is 0.152. The number of methoxy groups -OCH3 is 1. The van der Waals surface area contributed by atoms with Crippen LogP contribution in [-0.2, 0) is 11.3 Å². The highest BCUT2D eigenvalue weighted by molar-refractivity contribution is 9.10. The maximum atomic E-state index is 13.4. The highest BCUT2D eigenvalue weighted by Gasteiger charge is 2.24. The molecule has 0 aliphatic carbocycles. The number of benzene rings is 2. The second kappa shape index (κ2) is 8.42. The average molecular weight is 484 g/mol. The molecule has 0 aliphatic rings. The summed E-state index contributed by atoms with van der Waals surface area (Å²) in [4.78, 5) is 30.4. The van der Waals surface area contributed by atoms with Crippen LogP contribution < -0.4 is 5.56 Å². The molecule has 2 aromatic carbocycles. The summed E-state index contributed by atoms with van der Waals surface area (Å²) in [7, 11) is 1.31. The van der Waals surface area contributed by atoms with Crippen molar-refractivity contribution in [1.29, 1.82) is 0 Å². The van der Waals surface area contributed by atoms with Gasteiger partial charge in [0.1, 0.15) is 10.8 Å². The van der Waals surface area contributed by atoms with Crippen LogP contribution in [0.2, 0.25) is 5.15 Å². The lowest BCUT2D eigenvalue weighted by atomic mass is 9.96. The van der Waals surface area contributed by atoms with Gasteiger partial charge in [0.05, 0.1) is 13.7 Å². The summed E-state index contributed by atoms with van der Waals surface area (Å²) < 4.78 is 7.33. The number of fused-ring (bicyclic) bond motifs is 1. The van der Waals surface area contributed by atoms with Crippen molar-refractivity contribution in [3.8, 4) is 11.1 Å². The Morgan fingerprint density at radius 1 is 1.10 bits per heavy atom. The van der Waals surface area contributed by atoms with Crippen molar-refractivity contribution in [2.45, 2.75) is 6.54 Å². The number of ether oxygens (including phenoxy) is 1. The van der Waals surface area contributed by atoms with Gasteiger partial charge in [-0.05, 0) is 40.8 Å². The van der Waals surface area contributed by atoms with Crippen molar-refractivity contribution in [3.05, 3.63) is 98.1 Å². The number of hydrogen-bond donors (Lipinski definition) is 0. The van der Waals surface area contributed by atoms with E-state index in [2.05, 4.69) is 20.9 Å². The van der Waals surface area contributed by atoms with Gasteiger partial charge in [0.25, 0.3) is 5.56 Å². The number of hydrogen-bond acceptors (Lipinski definition) is 4. The molecule has 2 heterocycles. The third-order valence-corrected chi connectivity index (χ3v) is 5.52. The van der Waals surface area contributed by atoms with Gasteiger partial charge >= 0.3 is 5.97 Å². The lowest BCUT2D eigenvalue weighted by molar-refractivity contribution is 0.0588. The Labute approximate surface area is 186 Å². The Hall–Kier alpha value is -2.96. The van der Waals surface area contributed by atoms with Gasteiger partial charge in [0, 0.05) is 21.6 Å². The molecule has 0 saturated heterocycles. The topological polar surface area (TPSA) is 61.2 Å². The fourth-order valence-corrected chi connectivity index (χ4v) is 3.93. The highest BCUT2D eigenvalue weighted by atomic mass is 79.9. The van der Waals surface area contributed by atoms with E-state index < -0.39 is 5.97 Å². The van der Waals surface area contributed by atoms with E-state index in [1.54, 1.807) is 24.4 Å². The summed E-state index contributed by atoms with van der Waals surface area (Å²) in [6.07, 6.45) is 1.59. The van der Waals surface area contributed by atoms with Crippen LogP contribution in [0.1, 0.15) is 16.1 Å². The van der Waals surface area contributed by atoms with Gasteiger partial charge in [-0.15, -0.1) is 0 Å². The first-order valence-electron chi connectivity index (χ1n) is 9.10. The molecule has 0 aliphatic heterocycles. The number of nitrogens with zero attached hydrogens (tertiary/aromatic N) is 2. The Morgan fingerprint density at radius 3 is 2.53 bits per heavy atom. The summed E-state index contributed by atoms with van der Waals surface area (Å²) in [5, 5.41) is 1.53. The molecule has 0 saturated carbocycles. The fraction of sp³-hybridized carbons (Fsp3) is 0.0870. The molecule has 4 aromatic rings. The molecule has 2 aromatic heterocycles. The Bertz CT molecular complexity index is 1300. The van der Waals surface area contributed by atoms with Gasteiger partial charge in [-0.1, -0.05) is 63.9 Å². The van der Waals surface area contributed by atoms with E-state index >= 15 is 0 Å². The average Bonchev–Trinajstić information content (AvgIpc) is 2.76. The van der Waals surface area contributed by atoms with Crippen LogP contribution in [0.15, 0.2) is 76.1 Å². The largest absolute Gasteiger partial charge is 0.464 e. The van der Waals surface area contributed by atoms with Crippen LogP contribution in [0.5, 0.6) is 0 Å². The van der Waals surface area contributed by atoms with Crippen molar-refractivity contribution in [3.63, 3.8) is 0 Å². The normalized spacial score (nSPS) is 10.9. The lowest BCUT2D eigenvalue weighted by Crippen LogP contribution is -2.28. The van der Waals surface area contributed by atoms with E-state index in [1.165, 1.54) is 11.7 Å². The van der Waals surface area contributed by atoms with Crippen molar-refractivity contribution in [1.82, 2.24) is 9.55 Å². The predicted octanol–water partition coefficient (Wildman–Crippen LogP) is 5.31. The number of halogens is 2. The molecular formula is C23H16BrClN2O3. The van der Waals surface area contributed by atoms with E-state index in [0.29, 0.717) is 21.5 Å². The van der Waals surface area contributed by atoms with Crippen LogP contribution in [0.25, 0.3) is 21.9 Å². The van der Waals surface area contributed by atoms with Crippen LogP contribution in [0.4, 0.5) is 0 Å². The Kier molecular flexibility index (Phi) is 5.70. The van der Waals surface area contributed by atoms with Crippen molar-refractivity contribution in [2.75, 3.05) is 7.11 Å². The molecule has 4 rings (SSSR count). The third-order valence-electron chi connectivity index (χ3n) is 4.80. The maximum Gasteiger partial charge on any atom is 0.355 e. The molecule has 150 valence electrons. The number of aromatic nitrogens is 2. The predicted molar refractivity (Wildman–Crippen MR) is 121 cm³/mol. The van der Waals surface area contributed by atoms with Gasteiger partial charge in [0.2, 0.25) is 0 Å². The van der Waals surface area contributed by atoms with Gasteiger partial charge < -0.3 is 4.74 Å². The zero-order chi connectivity index (χ0) is 21.3. The van der Waals surface area contributed by atoms with E-state index in [4.69, 9.17) is 16.3 Å². The van der Waals surface area contributed by atoms with E-state index in [-0.39, 0.29) is 17.8 Å². The molecular weight excluding hydrogens is 468 g/mol. The Balaban J connectivity index is 2.11. The summed E-state index contributed by atoms with van der Waals surface area (Å²) in [5.74, 6) is -0.588. The lowest BCUT2D eigenvalue weighted by Gasteiger charge is -2.19. The van der Waals surface area contributed by atoms with E-state index in [0.717, 1.165) is 15.6 Å². The minimum atomic E-state index is -0.588. The molecule has 0 amide bonds. The second-order valence-corrected chi connectivity index (χ2v) is 7.95. The Morgan fingerprint density at radius 2 is 1.87 bits per heavy atom. The van der Waals surface area contributed by atoms with E-state index in [9.17, 15) is 9.59 Å². The molecule has 0 radical (unpaired) electrons. The van der Waals surface area contributed by atoms with Crippen molar-refractivity contribution in [2.24, 2.45) is 0 Å². The first-order valence-corrected chi connectivity index (χ1v) is 10.3. The van der Waals surface area contributed by atoms with Gasteiger partial charge in [-0.3, -0.25) is 9.36 Å². The summed E-state index contributed by atoms with van der Waals surface area (Å²) in [6, 6.07) is 18.3. The van der Waals surface area contributed by atoms with Crippen molar-refractivity contribution < 1.29 is 9.53 Å². The summed E-state index contributed by atoms with van der Waals surface area (Å²) in [5.41, 5.74) is 2.09. The quantitative estimate of drug-likeness (QED) is 0.291. The first kappa shape index (κ1) is 20.3.